The Balaban J connectivity index is 2.11. The maximum Gasteiger partial charge on any atom is 0.277 e. The van der Waals surface area contributed by atoms with Crippen molar-refractivity contribution in [2.75, 3.05) is 20.8 Å². The lowest BCUT2D eigenvalue weighted by molar-refractivity contribution is 0.274. The fourth-order valence-corrected chi connectivity index (χ4v) is 2.58. The molecule has 0 aliphatic heterocycles. The Morgan fingerprint density at radius 2 is 2.08 bits per heavy atom. The molecule has 24 heavy (non-hydrogen) atoms. The molecule has 3 rings (SSSR count). The largest absolute Gasteiger partial charge is 0.493 e. The molecule has 0 aliphatic carbocycles. The molecule has 3 aromatic rings. The molecule has 0 saturated carbocycles. The Bertz CT molecular complexity index is 918. The fraction of sp³-hybridized carbons (Fsp3) is 0.333. The smallest absolute Gasteiger partial charge is 0.277 e. The van der Waals surface area contributed by atoms with E-state index in [2.05, 4.69) is 15.3 Å². The van der Waals surface area contributed by atoms with Crippen molar-refractivity contribution in [2.24, 2.45) is 0 Å². The fourth-order valence-electron chi connectivity index (χ4n) is 2.58. The molecular weight excluding hydrogens is 314 g/mol. The number of nitrogens with zero attached hydrogens (tertiary/aromatic N) is 5. The number of hydrogen-bond donors (Lipinski definition) is 1. The summed E-state index contributed by atoms with van der Waals surface area (Å²) in [7, 11) is 3.10. The monoisotopic (exact) mass is 331 g/mol. The first-order chi connectivity index (χ1) is 11.7. The summed E-state index contributed by atoms with van der Waals surface area (Å²) < 4.78 is 13.4. The van der Waals surface area contributed by atoms with Crippen LogP contribution >= 0.6 is 0 Å². The molecule has 126 valence electrons. The summed E-state index contributed by atoms with van der Waals surface area (Å²) in [6.07, 6.45) is 1.66. The van der Waals surface area contributed by atoms with Gasteiger partial charge in [-0.3, -0.25) is 9.36 Å². The first-order valence-corrected chi connectivity index (χ1v) is 7.30. The van der Waals surface area contributed by atoms with Gasteiger partial charge in [0.05, 0.1) is 27.4 Å². The van der Waals surface area contributed by atoms with Crippen LogP contribution in [0.25, 0.3) is 5.78 Å². The van der Waals surface area contributed by atoms with Crippen LogP contribution in [0.5, 0.6) is 11.5 Å². The van der Waals surface area contributed by atoms with Gasteiger partial charge in [0, 0.05) is 12.0 Å². The van der Waals surface area contributed by atoms with Crippen LogP contribution in [0.1, 0.15) is 11.3 Å². The van der Waals surface area contributed by atoms with Gasteiger partial charge in [-0.2, -0.15) is 9.61 Å². The van der Waals surface area contributed by atoms with Gasteiger partial charge in [0.25, 0.3) is 11.3 Å². The minimum absolute atomic E-state index is 0.117. The number of methoxy groups -OCH3 is 2. The third-order valence-electron chi connectivity index (χ3n) is 3.64. The van der Waals surface area contributed by atoms with Gasteiger partial charge in [0.2, 0.25) is 0 Å². The van der Waals surface area contributed by atoms with Crippen LogP contribution in [0.15, 0.2) is 29.3 Å². The van der Waals surface area contributed by atoms with Gasteiger partial charge in [-0.25, -0.2) is 0 Å². The molecule has 9 nitrogen and oxygen atoms in total. The van der Waals surface area contributed by atoms with Crippen LogP contribution in [0, 0.1) is 0 Å². The van der Waals surface area contributed by atoms with Crippen LogP contribution in [0.2, 0.25) is 0 Å². The van der Waals surface area contributed by atoms with E-state index in [1.54, 1.807) is 20.3 Å². The molecule has 2 heterocycles. The highest BCUT2D eigenvalue weighted by molar-refractivity contribution is 5.47. The zero-order valence-corrected chi connectivity index (χ0v) is 13.3. The molecule has 1 N–H and O–H groups in total. The third kappa shape index (κ3) is 2.69. The molecule has 2 aromatic heterocycles. The molecule has 9 heteroatoms. The number of aliphatic hydroxyl groups excluding tert-OH is 1. The van der Waals surface area contributed by atoms with Crippen molar-refractivity contribution in [3.63, 3.8) is 0 Å². The van der Waals surface area contributed by atoms with Gasteiger partial charge in [0.15, 0.2) is 11.5 Å². The number of benzene rings is 1. The standard InChI is InChI=1S/C15H17N5O4/c1-23-12-5-3-4-10(13(12)24-2)8-11-14(22)19(6-7-21)15-17-16-9-20(15)18-11/h3-5,9,21H,6-8H2,1-2H3. The van der Waals surface area contributed by atoms with E-state index in [1.165, 1.54) is 15.4 Å². The molecule has 0 aliphatic rings. The number of rotatable bonds is 6. The second-order valence-corrected chi connectivity index (χ2v) is 5.03. The van der Waals surface area contributed by atoms with Crippen molar-refractivity contribution in [1.29, 1.82) is 0 Å². The van der Waals surface area contributed by atoms with E-state index >= 15 is 0 Å². The number of aromatic nitrogens is 5. The van der Waals surface area contributed by atoms with Gasteiger partial charge in [0.1, 0.15) is 12.0 Å². The van der Waals surface area contributed by atoms with Crippen molar-refractivity contribution in [3.05, 3.63) is 46.1 Å². The highest BCUT2D eigenvalue weighted by Crippen LogP contribution is 2.31. The van der Waals surface area contributed by atoms with Gasteiger partial charge >= 0.3 is 0 Å². The van der Waals surface area contributed by atoms with E-state index in [1.807, 2.05) is 12.1 Å². The Hall–Kier alpha value is -2.94. The lowest BCUT2D eigenvalue weighted by atomic mass is 10.1. The highest BCUT2D eigenvalue weighted by Gasteiger charge is 2.16. The second-order valence-electron chi connectivity index (χ2n) is 5.03. The average molecular weight is 331 g/mol. The Labute approximate surface area is 137 Å². The number of aliphatic hydroxyl groups is 1. The first-order valence-electron chi connectivity index (χ1n) is 7.30. The Morgan fingerprint density at radius 1 is 1.25 bits per heavy atom. The summed E-state index contributed by atoms with van der Waals surface area (Å²) in [6, 6.07) is 5.44. The molecule has 0 unspecified atom stereocenters. The highest BCUT2D eigenvalue weighted by atomic mass is 16.5. The molecular formula is C15H17N5O4. The molecule has 0 fully saturated rings. The van der Waals surface area contributed by atoms with Crippen LogP contribution < -0.4 is 15.0 Å². The van der Waals surface area contributed by atoms with Gasteiger partial charge in [-0.05, 0) is 6.07 Å². The number of hydrogen-bond acceptors (Lipinski definition) is 7. The minimum Gasteiger partial charge on any atom is -0.493 e. The van der Waals surface area contributed by atoms with Crippen LogP contribution in [-0.4, -0.2) is 50.3 Å². The summed E-state index contributed by atoms with van der Waals surface area (Å²) in [4.78, 5) is 12.7. The lowest BCUT2D eigenvalue weighted by Crippen LogP contribution is -2.29. The molecule has 1 aromatic carbocycles. The summed E-state index contributed by atoms with van der Waals surface area (Å²) in [5.74, 6) is 1.42. The minimum atomic E-state index is -0.325. The van der Waals surface area contributed by atoms with Gasteiger partial charge in [-0.1, -0.05) is 12.1 Å². The predicted octanol–water partition coefficient (Wildman–Crippen LogP) is -0.114. The Kier molecular flexibility index (Phi) is 4.43. The predicted molar refractivity (Wildman–Crippen MR) is 84.5 cm³/mol. The van der Waals surface area contributed by atoms with E-state index in [-0.39, 0.29) is 30.9 Å². The average Bonchev–Trinajstić information content (AvgIpc) is 3.06. The quantitative estimate of drug-likeness (QED) is 0.672. The van der Waals surface area contributed by atoms with Gasteiger partial charge in [-0.15, -0.1) is 10.2 Å². The molecule has 0 bridgehead atoms. The van der Waals surface area contributed by atoms with Crippen molar-refractivity contribution < 1.29 is 14.6 Å². The first kappa shape index (κ1) is 15.9. The van der Waals surface area contributed by atoms with E-state index in [0.717, 1.165) is 5.56 Å². The molecule has 0 radical (unpaired) electrons. The summed E-state index contributed by atoms with van der Waals surface area (Å²) in [5, 5.41) is 21.1. The summed E-state index contributed by atoms with van der Waals surface area (Å²) >= 11 is 0. The van der Waals surface area contributed by atoms with Gasteiger partial charge < -0.3 is 14.6 Å². The number of ether oxygens (including phenoxy) is 2. The SMILES string of the molecule is COc1cccc(Cc2nn3cnnc3n(CCO)c2=O)c1OC. The molecule has 0 spiro atoms. The summed E-state index contributed by atoms with van der Waals surface area (Å²) in [6.45, 7) is -0.0693. The topological polar surface area (TPSA) is 104 Å². The molecule has 0 amide bonds. The maximum absolute atomic E-state index is 12.7. The van der Waals surface area contributed by atoms with Crippen LogP contribution in [0.4, 0.5) is 0 Å². The normalized spacial score (nSPS) is 11.0. The van der Waals surface area contributed by atoms with Crippen molar-refractivity contribution in [2.45, 2.75) is 13.0 Å². The zero-order valence-electron chi connectivity index (χ0n) is 13.3. The molecule has 0 saturated heterocycles. The van der Waals surface area contributed by atoms with Crippen LogP contribution in [0.3, 0.4) is 0 Å². The summed E-state index contributed by atoms with van der Waals surface area (Å²) in [5.41, 5.74) is 0.737. The van der Waals surface area contributed by atoms with E-state index in [4.69, 9.17) is 9.47 Å². The van der Waals surface area contributed by atoms with Crippen molar-refractivity contribution >= 4 is 5.78 Å². The van der Waals surface area contributed by atoms with E-state index in [0.29, 0.717) is 17.2 Å². The maximum atomic E-state index is 12.7. The zero-order chi connectivity index (χ0) is 17.1. The third-order valence-corrected chi connectivity index (χ3v) is 3.64. The number of para-hydroxylation sites is 1. The van der Waals surface area contributed by atoms with Crippen LogP contribution in [-0.2, 0) is 13.0 Å². The van der Waals surface area contributed by atoms with Crippen molar-refractivity contribution in [3.8, 4) is 11.5 Å². The second kappa shape index (κ2) is 6.67. The lowest BCUT2D eigenvalue weighted by Gasteiger charge is -2.13. The van der Waals surface area contributed by atoms with Crippen molar-refractivity contribution in [1.82, 2.24) is 24.4 Å². The number of fused-ring (bicyclic) bond motifs is 1. The Morgan fingerprint density at radius 3 is 2.79 bits per heavy atom. The van der Waals surface area contributed by atoms with E-state index < -0.39 is 0 Å². The molecule has 0 atom stereocenters. The van der Waals surface area contributed by atoms with E-state index in [9.17, 15) is 9.90 Å².